The predicted molar refractivity (Wildman–Crippen MR) is 57.9 cm³/mol. The standard InChI is InChI=1S/C8H13NO3S2/c1-7-3-4-8(2)9(7)5-6-13-14(10,11)12/h3-4H,5-6H2,1-2H3,(H,10,11,12). The highest BCUT2D eigenvalue weighted by Crippen LogP contribution is 2.12. The number of aryl methyl sites for hydroxylation is 2. The molecule has 1 rings (SSSR count). The molecule has 0 aliphatic carbocycles. The van der Waals surface area contributed by atoms with Crippen LogP contribution in [0.3, 0.4) is 0 Å². The van der Waals surface area contributed by atoms with Crippen LogP contribution in [0.15, 0.2) is 12.1 Å². The number of rotatable bonds is 4. The van der Waals surface area contributed by atoms with Gasteiger partial charge in [-0.15, -0.1) is 0 Å². The Morgan fingerprint density at radius 1 is 1.36 bits per heavy atom. The Morgan fingerprint density at radius 2 is 1.86 bits per heavy atom. The maximum Gasteiger partial charge on any atom is 0.319 e. The van der Waals surface area contributed by atoms with Gasteiger partial charge in [-0.2, -0.15) is 8.42 Å². The summed E-state index contributed by atoms with van der Waals surface area (Å²) in [6, 6.07) is 3.96. The summed E-state index contributed by atoms with van der Waals surface area (Å²) in [5, 5.41) is 0. The highest BCUT2D eigenvalue weighted by molar-refractivity contribution is 8.69. The first-order chi connectivity index (χ1) is 6.40. The van der Waals surface area contributed by atoms with E-state index in [1.807, 2.05) is 30.5 Å². The van der Waals surface area contributed by atoms with Crippen molar-refractivity contribution in [1.29, 1.82) is 0 Å². The van der Waals surface area contributed by atoms with Gasteiger partial charge in [-0.1, -0.05) is 0 Å². The van der Waals surface area contributed by atoms with Gasteiger partial charge < -0.3 is 4.57 Å². The molecule has 14 heavy (non-hydrogen) atoms. The number of hydrogen-bond donors (Lipinski definition) is 1. The Bertz CT molecular complexity index is 389. The van der Waals surface area contributed by atoms with Gasteiger partial charge in [0, 0.05) is 23.7 Å². The topological polar surface area (TPSA) is 59.3 Å². The van der Waals surface area contributed by atoms with E-state index in [0.29, 0.717) is 23.1 Å². The van der Waals surface area contributed by atoms with Gasteiger partial charge >= 0.3 is 9.15 Å². The zero-order valence-electron chi connectivity index (χ0n) is 8.10. The highest BCUT2D eigenvalue weighted by Gasteiger charge is 2.06. The molecule has 0 aliphatic rings. The van der Waals surface area contributed by atoms with Crippen LogP contribution in [-0.2, 0) is 15.7 Å². The lowest BCUT2D eigenvalue weighted by Gasteiger charge is -2.07. The van der Waals surface area contributed by atoms with Crippen LogP contribution in [0.4, 0.5) is 0 Å². The fourth-order valence-electron chi connectivity index (χ4n) is 1.29. The minimum absolute atomic E-state index is 0.356. The van der Waals surface area contributed by atoms with Crippen molar-refractivity contribution < 1.29 is 13.0 Å². The van der Waals surface area contributed by atoms with Crippen LogP contribution in [-0.4, -0.2) is 23.3 Å². The molecule has 1 aromatic heterocycles. The zero-order chi connectivity index (χ0) is 10.8. The highest BCUT2D eigenvalue weighted by atomic mass is 33.1. The minimum atomic E-state index is -3.90. The normalized spacial score (nSPS) is 11.9. The van der Waals surface area contributed by atoms with E-state index in [9.17, 15) is 8.42 Å². The number of aromatic nitrogens is 1. The molecule has 0 atom stereocenters. The zero-order valence-corrected chi connectivity index (χ0v) is 9.73. The van der Waals surface area contributed by atoms with Crippen molar-refractivity contribution in [2.45, 2.75) is 20.4 Å². The second-order valence-corrected chi connectivity index (χ2v) is 6.49. The minimum Gasteiger partial charge on any atom is -0.348 e. The summed E-state index contributed by atoms with van der Waals surface area (Å²) in [7, 11) is -3.34. The van der Waals surface area contributed by atoms with Crippen LogP contribution >= 0.6 is 10.8 Å². The van der Waals surface area contributed by atoms with Crippen LogP contribution in [0.5, 0.6) is 0 Å². The van der Waals surface area contributed by atoms with Gasteiger partial charge in [-0.05, 0) is 36.8 Å². The molecule has 0 saturated heterocycles. The van der Waals surface area contributed by atoms with Gasteiger partial charge in [0.05, 0.1) is 0 Å². The third-order valence-corrected chi connectivity index (χ3v) is 4.01. The average Bonchev–Trinajstić information content (AvgIpc) is 2.33. The lowest BCUT2D eigenvalue weighted by molar-refractivity contribution is 0.503. The van der Waals surface area contributed by atoms with E-state index in [0.717, 1.165) is 11.4 Å². The number of hydrogen-bond acceptors (Lipinski definition) is 3. The average molecular weight is 235 g/mol. The van der Waals surface area contributed by atoms with E-state index < -0.39 is 9.15 Å². The van der Waals surface area contributed by atoms with E-state index >= 15 is 0 Å². The van der Waals surface area contributed by atoms with Crippen molar-refractivity contribution >= 4 is 19.9 Å². The maximum atomic E-state index is 10.4. The van der Waals surface area contributed by atoms with E-state index in [-0.39, 0.29) is 0 Å². The van der Waals surface area contributed by atoms with Gasteiger partial charge in [-0.25, -0.2) is 0 Å². The third-order valence-electron chi connectivity index (χ3n) is 1.96. The molecule has 0 saturated carbocycles. The van der Waals surface area contributed by atoms with Crippen LogP contribution < -0.4 is 0 Å². The lowest BCUT2D eigenvalue weighted by atomic mass is 10.5. The predicted octanol–water partition coefficient (Wildman–Crippen LogP) is 1.64. The molecule has 1 heterocycles. The van der Waals surface area contributed by atoms with E-state index in [4.69, 9.17) is 4.55 Å². The summed E-state index contributed by atoms with van der Waals surface area (Å²) >= 11 is 0. The van der Waals surface area contributed by atoms with Crippen molar-refractivity contribution in [2.24, 2.45) is 0 Å². The summed E-state index contributed by atoms with van der Waals surface area (Å²) in [5.74, 6) is 0.356. The van der Waals surface area contributed by atoms with Gasteiger partial charge in [0.2, 0.25) is 0 Å². The smallest absolute Gasteiger partial charge is 0.319 e. The summed E-state index contributed by atoms with van der Waals surface area (Å²) < 4.78 is 31.4. The van der Waals surface area contributed by atoms with E-state index in [1.54, 1.807) is 0 Å². The second kappa shape index (κ2) is 4.37. The SMILES string of the molecule is Cc1ccc(C)n1CCSS(=O)(=O)O. The molecular formula is C8H13NO3S2. The Kier molecular flexibility index (Phi) is 3.63. The molecule has 80 valence electrons. The first kappa shape index (κ1) is 11.6. The third kappa shape index (κ3) is 3.36. The van der Waals surface area contributed by atoms with Gasteiger partial charge in [0.25, 0.3) is 0 Å². The summed E-state index contributed by atoms with van der Waals surface area (Å²) in [4.78, 5) is 0. The summed E-state index contributed by atoms with van der Waals surface area (Å²) in [6.07, 6.45) is 0. The fourth-order valence-corrected chi connectivity index (χ4v) is 2.61. The van der Waals surface area contributed by atoms with Crippen molar-refractivity contribution in [1.82, 2.24) is 4.57 Å². The number of nitrogens with zero attached hydrogens (tertiary/aromatic N) is 1. The molecule has 0 amide bonds. The van der Waals surface area contributed by atoms with Crippen molar-refractivity contribution in [3.8, 4) is 0 Å². The molecule has 0 aliphatic heterocycles. The molecule has 0 aromatic carbocycles. The Labute approximate surface area is 87.5 Å². The molecule has 0 unspecified atom stereocenters. The fraction of sp³-hybridized carbons (Fsp3) is 0.500. The molecule has 1 N–H and O–H groups in total. The van der Waals surface area contributed by atoms with Crippen LogP contribution in [0.25, 0.3) is 0 Å². The largest absolute Gasteiger partial charge is 0.348 e. The maximum absolute atomic E-state index is 10.4. The quantitative estimate of drug-likeness (QED) is 0.636. The lowest BCUT2D eigenvalue weighted by Crippen LogP contribution is -2.05. The van der Waals surface area contributed by atoms with Crippen molar-refractivity contribution in [2.75, 3.05) is 5.75 Å². The molecule has 1 aromatic rings. The Hall–Kier alpha value is -0.460. The molecule has 0 fully saturated rings. The molecule has 0 spiro atoms. The molecule has 4 nitrogen and oxygen atoms in total. The van der Waals surface area contributed by atoms with Crippen LogP contribution in [0.2, 0.25) is 0 Å². The monoisotopic (exact) mass is 235 g/mol. The first-order valence-corrected chi connectivity index (χ1v) is 7.09. The van der Waals surface area contributed by atoms with Crippen LogP contribution in [0, 0.1) is 13.8 Å². The Morgan fingerprint density at radius 3 is 2.29 bits per heavy atom. The first-order valence-electron chi connectivity index (χ1n) is 4.15. The van der Waals surface area contributed by atoms with Gasteiger partial charge in [0.1, 0.15) is 0 Å². The molecule has 0 radical (unpaired) electrons. The molecule has 6 heteroatoms. The summed E-state index contributed by atoms with van der Waals surface area (Å²) in [5.41, 5.74) is 2.19. The van der Waals surface area contributed by atoms with E-state index in [2.05, 4.69) is 0 Å². The summed E-state index contributed by atoms with van der Waals surface area (Å²) in [6.45, 7) is 4.52. The Balaban J connectivity index is 2.54. The van der Waals surface area contributed by atoms with Crippen molar-refractivity contribution in [3.63, 3.8) is 0 Å². The second-order valence-electron chi connectivity index (χ2n) is 3.02. The van der Waals surface area contributed by atoms with Gasteiger partial charge in [0.15, 0.2) is 0 Å². The molecule has 0 bridgehead atoms. The van der Waals surface area contributed by atoms with Gasteiger partial charge in [-0.3, -0.25) is 4.55 Å². The van der Waals surface area contributed by atoms with Crippen LogP contribution in [0.1, 0.15) is 11.4 Å². The van der Waals surface area contributed by atoms with Crippen molar-refractivity contribution in [3.05, 3.63) is 23.5 Å². The molecular weight excluding hydrogens is 222 g/mol. The van der Waals surface area contributed by atoms with E-state index in [1.165, 1.54) is 0 Å².